The molecule has 0 aliphatic heterocycles. The highest BCUT2D eigenvalue weighted by atomic mass is 32.1. The maximum absolute atomic E-state index is 11.7. The molecule has 3 aromatic rings. The molecule has 0 aliphatic carbocycles. The van der Waals surface area contributed by atoms with Gasteiger partial charge in [0.15, 0.2) is 6.61 Å². The SMILES string of the molecule is O=C(COc1ccc2ccccc2c1)NN=Cc1ccsc1. The standard InChI is InChI=1S/C17H14N2O2S/c20-17(19-18-10-13-7-8-22-12-13)11-21-16-6-5-14-3-1-2-4-15(14)9-16/h1-10,12H,11H2,(H,19,20). The summed E-state index contributed by atoms with van der Waals surface area (Å²) >= 11 is 1.58. The molecular weight excluding hydrogens is 296 g/mol. The summed E-state index contributed by atoms with van der Waals surface area (Å²) in [5.41, 5.74) is 3.40. The molecule has 0 atom stereocenters. The molecule has 1 aromatic heterocycles. The molecule has 22 heavy (non-hydrogen) atoms. The second-order valence-corrected chi connectivity index (χ2v) is 5.43. The number of hydrazone groups is 1. The van der Waals surface area contributed by atoms with Crippen molar-refractivity contribution in [2.75, 3.05) is 6.61 Å². The van der Waals surface area contributed by atoms with Gasteiger partial charge in [-0.05, 0) is 39.7 Å². The number of rotatable bonds is 5. The lowest BCUT2D eigenvalue weighted by molar-refractivity contribution is -0.123. The van der Waals surface area contributed by atoms with Gasteiger partial charge in [0.1, 0.15) is 5.75 Å². The lowest BCUT2D eigenvalue weighted by Gasteiger charge is -2.06. The number of thiophene rings is 1. The van der Waals surface area contributed by atoms with Crippen molar-refractivity contribution < 1.29 is 9.53 Å². The van der Waals surface area contributed by atoms with E-state index in [0.29, 0.717) is 5.75 Å². The number of carbonyl (C=O) groups is 1. The molecule has 3 rings (SSSR count). The van der Waals surface area contributed by atoms with Crippen LogP contribution in [0.5, 0.6) is 5.75 Å². The highest BCUT2D eigenvalue weighted by molar-refractivity contribution is 7.08. The highest BCUT2D eigenvalue weighted by Gasteiger charge is 2.02. The van der Waals surface area contributed by atoms with E-state index in [-0.39, 0.29) is 12.5 Å². The third-order valence-electron chi connectivity index (χ3n) is 3.04. The van der Waals surface area contributed by atoms with Gasteiger partial charge in [0, 0.05) is 5.56 Å². The van der Waals surface area contributed by atoms with E-state index in [1.165, 1.54) is 0 Å². The maximum Gasteiger partial charge on any atom is 0.277 e. The topological polar surface area (TPSA) is 50.7 Å². The van der Waals surface area contributed by atoms with E-state index in [1.807, 2.05) is 59.3 Å². The summed E-state index contributed by atoms with van der Waals surface area (Å²) in [5, 5.41) is 9.99. The largest absolute Gasteiger partial charge is 0.484 e. The normalized spacial score (nSPS) is 10.9. The molecule has 0 spiro atoms. The van der Waals surface area contributed by atoms with Crippen molar-refractivity contribution in [3.63, 3.8) is 0 Å². The van der Waals surface area contributed by atoms with Crippen LogP contribution in [0.3, 0.4) is 0 Å². The number of nitrogens with one attached hydrogen (secondary N) is 1. The summed E-state index contributed by atoms with van der Waals surface area (Å²) in [4.78, 5) is 11.7. The molecule has 0 fully saturated rings. The van der Waals surface area contributed by atoms with Crippen LogP contribution in [0, 0.1) is 0 Å². The quantitative estimate of drug-likeness (QED) is 0.580. The Morgan fingerprint density at radius 1 is 1.18 bits per heavy atom. The number of amides is 1. The molecule has 110 valence electrons. The Hall–Kier alpha value is -2.66. The van der Waals surface area contributed by atoms with Gasteiger partial charge in [-0.15, -0.1) is 0 Å². The lowest BCUT2D eigenvalue weighted by atomic mass is 10.1. The van der Waals surface area contributed by atoms with Crippen molar-refractivity contribution >= 4 is 34.2 Å². The number of benzene rings is 2. The van der Waals surface area contributed by atoms with E-state index in [1.54, 1.807) is 17.6 Å². The molecule has 1 amide bonds. The molecule has 4 nitrogen and oxygen atoms in total. The molecule has 5 heteroatoms. The first-order valence-corrected chi connectivity index (χ1v) is 7.71. The summed E-state index contributed by atoms with van der Waals surface area (Å²) in [6, 6.07) is 15.7. The van der Waals surface area contributed by atoms with E-state index in [2.05, 4.69) is 10.5 Å². The molecular formula is C17H14N2O2S. The second kappa shape index (κ2) is 6.87. The first-order valence-electron chi connectivity index (χ1n) is 6.77. The molecule has 1 heterocycles. The van der Waals surface area contributed by atoms with Gasteiger partial charge in [-0.25, -0.2) is 5.43 Å². The van der Waals surface area contributed by atoms with Crippen LogP contribution in [0.1, 0.15) is 5.56 Å². The van der Waals surface area contributed by atoms with Crippen LogP contribution in [0.15, 0.2) is 64.4 Å². The predicted molar refractivity (Wildman–Crippen MR) is 89.5 cm³/mol. The number of hydrogen-bond acceptors (Lipinski definition) is 4. The van der Waals surface area contributed by atoms with Crippen LogP contribution in [-0.2, 0) is 4.79 Å². The minimum atomic E-state index is -0.292. The van der Waals surface area contributed by atoms with Crippen molar-refractivity contribution in [1.29, 1.82) is 0 Å². The Labute approximate surface area is 132 Å². The lowest BCUT2D eigenvalue weighted by Crippen LogP contribution is -2.24. The third-order valence-corrected chi connectivity index (χ3v) is 3.74. The predicted octanol–water partition coefficient (Wildman–Crippen LogP) is 3.43. The average molecular weight is 310 g/mol. The zero-order chi connectivity index (χ0) is 15.2. The van der Waals surface area contributed by atoms with Crippen molar-refractivity contribution in [1.82, 2.24) is 5.43 Å². The minimum Gasteiger partial charge on any atom is -0.484 e. The summed E-state index contributed by atoms with van der Waals surface area (Å²) in [5.74, 6) is 0.371. The molecule has 0 unspecified atom stereocenters. The maximum atomic E-state index is 11.7. The number of nitrogens with zero attached hydrogens (tertiary/aromatic N) is 1. The Morgan fingerprint density at radius 3 is 2.86 bits per heavy atom. The van der Waals surface area contributed by atoms with Gasteiger partial charge < -0.3 is 4.74 Å². The van der Waals surface area contributed by atoms with Crippen LogP contribution in [-0.4, -0.2) is 18.7 Å². The first kappa shape index (κ1) is 14.3. The fourth-order valence-corrected chi connectivity index (χ4v) is 2.58. The van der Waals surface area contributed by atoms with E-state index >= 15 is 0 Å². The molecule has 2 aromatic carbocycles. The monoisotopic (exact) mass is 310 g/mol. The Morgan fingerprint density at radius 2 is 2.05 bits per heavy atom. The Kier molecular flexibility index (Phi) is 4.46. The van der Waals surface area contributed by atoms with Crippen LogP contribution < -0.4 is 10.2 Å². The van der Waals surface area contributed by atoms with Gasteiger partial charge in [-0.1, -0.05) is 30.3 Å². The summed E-state index contributed by atoms with van der Waals surface area (Å²) < 4.78 is 5.48. The molecule has 0 saturated carbocycles. The molecule has 0 aliphatic rings. The second-order valence-electron chi connectivity index (χ2n) is 4.65. The number of ether oxygens (including phenoxy) is 1. The van der Waals surface area contributed by atoms with E-state index in [0.717, 1.165) is 16.3 Å². The van der Waals surface area contributed by atoms with E-state index in [9.17, 15) is 4.79 Å². The van der Waals surface area contributed by atoms with E-state index in [4.69, 9.17) is 4.74 Å². The fraction of sp³-hybridized carbons (Fsp3) is 0.0588. The average Bonchev–Trinajstić information content (AvgIpc) is 3.06. The van der Waals surface area contributed by atoms with Crippen molar-refractivity contribution in [3.8, 4) is 5.75 Å². The van der Waals surface area contributed by atoms with Gasteiger partial charge in [0.25, 0.3) is 5.91 Å². The summed E-state index contributed by atoms with van der Waals surface area (Å²) in [6.07, 6.45) is 1.60. The first-order chi connectivity index (χ1) is 10.8. The summed E-state index contributed by atoms with van der Waals surface area (Å²) in [6.45, 7) is -0.0701. The van der Waals surface area contributed by atoms with Crippen LogP contribution in [0.2, 0.25) is 0 Å². The smallest absolute Gasteiger partial charge is 0.277 e. The van der Waals surface area contributed by atoms with Crippen molar-refractivity contribution in [3.05, 3.63) is 64.9 Å². The van der Waals surface area contributed by atoms with Gasteiger partial charge in [-0.3, -0.25) is 4.79 Å². The highest BCUT2D eigenvalue weighted by Crippen LogP contribution is 2.20. The number of carbonyl (C=O) groups excluding carboxylic acids is 1. The fourth-order valence-electron chi connectivity index (χ4n) is 1.97. The van der Waals surface area contributed by atoms with Crippen LogP contribution in [0.4, 0.5) is 0 Å². The molecule has 0 saturated heterocycles. The van der Waals surface area contributed by atoms with E-state index < -0.39 is 0 Å². The Balaban J connectivity index is 1.53. The molecule has 1 N–H and O–H groups in total. The zero-order valence-corrected chi connectivity index (χ0v) is 12.5. The van der Waals surface area contributed by atoms with Gasteiger partial charge in [-0.2, -0.15) is 16.4 Å². The Bertz CT molecular complexity index is 797. The minimum absolute atomic E-state index is 0.0701. The number of hydrogen-bond donors (Lipinski definition) is 1. The van der Waals surface area contributed by atoms with Crippen LogP contribution in [0.25, 0.3) is 10.8 Å². The van der Waals surface area contributed by atoms with Gasteiger partial charge >= 0.3 is 0 Å². The zero-order valence-electron chi connectivity index (χ0n) is 11.7. The van der Waals surface area contributed by atoms with Crippen LogP contribution >= 0.6 is 11.3 Å². The third kappa shape index (κ3) is 3.71. The molecule has 0 bridgehead atoms. The molecule has 0 radical (unpaired) electrons. The van der Waals surface area contributed by atoms with Gasteiger partial charge in [0.05, 0.1) is 6.21 Å². The van der Waals surface area contributed by atoms with Crippen molar-refractivity contribution in [2.24, 2.45) is 5.10 Å². The van der Waals surface area contributed by atoms with Crippen molar-refractivity contribution in [2.45, 2.75) is 0 Å². The summed E-state index contributed by atoms with van der Waals surface area (Å²) in [7, 11) is 0. The number of fused-ring (bicyclic) bond motifs is 1. The van der Waals surface area contributed by atoms with Gasteiger partial charge in [0.2, 0.25) is 0 Å².